The van der Waals surface area contributed by atoms with Crippen molar-refractivity contribution in [1.82, 2.24) is 9.80 Å². The van der Waals surface area contributed by atoms with Crippen LogP contribution in [0.15, 0.2) is 36.4 Å². The van der Waals surface area contributed by atoms with Gasteiger partial charge in [0.05, 0.1) is 21.3 Å². The van der Waals surface area contributed by atoms with Crippen LogP contribution in [0, 0.1) is 11.3 Å². The Morgan fingerprint density at radius 2 is 1.68 bits per heavy atom. The molecule has 2 aliphatic rings. The summed E-state index contributed by atoms with van der Waals surface area (Å²) in [5.74, 6) is 3.70. The number of hydrogen-bond donors (Lipinski definition) is 0. The number of amides is 1. The number of carbonyl (C=O) groups excluding carboxylic acids is 1. The van der Waals surface area contributed by atoms with Gasteiger partial charge in [-0.2, -0.15) is 0 Å². The number of aryl methyl sites for hydroxylation is 2. The van der Waals surface area contributed by atoms with Crippen LogP contribution in [0.25, 0.3) is 0 Å². The molecule has 0 aromatic heterocycles. The number of para-hydroxylation sites is 1. The van der Waals surface area contributed by atoms with Crippen LogP contribution in [-0.4, -0.2) is 76.4 Å². The molecule has 7 nitrogen and oxygen atoms in total. The lowest BCUT2D eigenvalue weighted by molar-refractivity contribution is -0.133. The van der Waals surface area contributed by atoms with E-state index in [9.17, 15) is 4.79 Å². The van der Waals surface area contributed by atoms with Crippen LogP contribution >= 0.6 is 0 Å². The summed E-state index contributed by atoms with van der Waals surface area (Å²) in [5.41, 5.74) is 2.53. The van der Waals surface area contributed by atoms with E-state index in [4.69, 9.17) is 18.9 Å². The minimum Gasteiger partial charge on any atom is -0.493 e. The first-order chi connectivity index (χ1) is 19.9. The number of carbonyl (C=O) groups is 1. The van der Waals surface area contributed by atoms with Gasteiger partial charge in [-0.25, -0.2) is 0 Å². The van der Waals surface area contributed by atoms with Gasteiger partial charge >= 0.3 is 0 Å². The standard InChI is InChI=1S/C34H50N2O5/c1-26(2)24-35-22-23-41-29-12-7-6-10-27(29)11-8-9-17-34(25-35)18-20-36(21-19-34)31(37)16-14-28-13-15-30(38-3)33(40-5)32(28)39-4/h6-7,10,12-13,15,26H,8-9,11,14,16-25H2,1-5H3. The molecule has 0 aliphatic carbocycles. The summed E-state index contributed by atoms with van der Waals surface area (Å²) in [6, 6.07) is 12.4. The molecule has 1 spiro atoms. The first kappa shape index (κ1) is 31.0. The van der Waals surface area contributed by atoms with Crippen molar-refractivity contribution >= 4 is 5.91 Å². The highest BCUT2D eigenvalue weighted by atomic mass is 16.5. The smallest absolute Gasteiger partial charge is 0.222 e. The molecule has 1 saturated heterocycles. The van der Waals surface area contributed by atoms with E-state index in [1.807, 2.05) is 12.1 Å². The van der Waals surface area contributed by atoms with Crippen LogP contribution in [0.2, 0.25) is 0 Å². The monoisotopic (exact) mass is 566 g/mol. The third-order valence-electron chi connectivity index (χ3n) is 8.79. The third kappa shape index (κ3) is 8.09. The van der Waals surface area contributed by atoms with Gasteiger partial charge in [-0.3, -0.25) is 9.69 Å². The van der Waals surface area contributed by atoms with Crippen molar-refractivity contribution in [2.45, 2.75) is 65.2 Å². The Morgan fingerprint density at radius 1 is 0.927 bits per heavy atom. The molecule has 41 heavy (non-hydrogen) atoms. The number of nitrogens with zero attached hydrogens (tertiary/aromatic N) is 2. The van der Waals surface area contributed by atoms with Crippen LogP contribution in [0.1, 0.15) is 63.5 Å². The number of piperidine rings is 1. The predicted molar refractivity (Wildman–Crippen MR) is 163 cm³/mol. The van der Waals surface area contributed by atoms with Gasteiger partial charge in [-0.05, 0) is 73.1 Å². The van der Waals surface area contributed by atoms with E-state index < -0.39 is 0 Å². The lowest BCUT2D eigenvalue weighted by Gasteiger charge is -2.45. The quantitative estimate of drug-likeness (QED) is 0.390. The van der Waals surface area contributed by atoms with E-state index in [1.165, 1.54) is 24.8 Å². The zero-order chi connectivity index (χ0) is 29.2. The molecule has 4 rings (SSSR count). The molecule has 1 fully saturated rings. The second-order valence-electron chi connectivity index (χ2n) is 12.2. The first-order valence-electron chi connectivity index (χ1n) is 15.4. The Kier molecular flexibility index (Phi) is 11.2. The SMILES string of the molecule is COc1ccc(CCC(=O)N2CCC3(CCCCc4ccccc4OCCN(CC(C)C)C3)CC2)c(OC)c1OC. The van der Waals surface area contributed by atoms with Crippen LogP contribution in [0.5, 0.6) is 23.0 Å². The van der Waals surface area contributed by atoms with Gasteiger partial charge in [0.25, 0.3) is 0 Å². The average molecular weight is 567 g/mol. The number of likely N-dealkylation sites (tertiary alicyclic amines) is 1. The number of benzene rings is 2. The van der Waals surface area contributed by atoms with Crippen molar-refractivity contribution in [3.05, 3.63) is 47.5 Å². The van der Waals surface area contributed by atoms with Crippen LogP contribution in [0.3, 0.4) is 0 Å². The van der Waals surface area contributed by atoms with Crippen LogP contribution < -0.4 is 18.9 Å². The largest absolute Gasteiger partial charge is 0.493 e. The van der Waals surface area contributed by atoms with Gasteiger partial charge in [0.15, 0.2) is 11.5 Å². The maximum Gasteiger partial charge on any atom is 0.222 e. The van der Waals surface area contributed by atoms with Crippen molar-refractivity contribution < 1.29 is 23.7 Å². The average Bonchev–Trinajstić information content (AvgIpc) is 2.97. The summed E-state index contributed by atoms with van der Waals surface area (Å²) in [6.45, 7) is 10.1. The van der Waals surface area contributed by atoms with Crippen molar-refractivity contribution in [2.75, 3.05) is 60.7 Å². The molecule has 2 heterocycles. The first-order valence-corrected chi connectivity index (χ1v) is 15.4. The Balaban J connectivity index is 1.39. The molecule has 7 heteroatoms. The maximum atomic E-state index is 13.4. The topological polar surface area (TPSA) is 60.5 Å². The maximum absolute atomic E-state index is 13.4. The molecule has 0 unspecified atom stereocenters. The van der Waals surface area contributed by atoms with E-state index in [2.05, 4.69) is 47.9 Å². The molecular weight excluding hydrogens is 516 g/mol. The molecule has 0 radical (unpaired) electrons. The summed E-state index contributed by atoms with van der Waals surface area (Å²) < 4.78 is 22.9. The van der Waals surface area contributed by atoms with E-state index in [1.54, 1.807) is 21.3 Å². The molecule has 0 N–H and O–H groups in total. The second kappa shape index (κ2) is 14.8. The zero-order valence-electron chi connectivity index (χ0n) is 25.9. The Bertz CT molecular complexity index is 1130. The summed E-state index contributed by atoms with van der Waals surface area (Å²) in [6.07, 6.45) is 7.83. The van der Waals surface area contributed by atoms with Gasteiger partial charge in [-0.1, -0.05) is 44.5 Å². The Labute approximate surface area is 247 Å². The zero-order valence-corrected chi connectivity index (χ0v) is 25.9. The van der Waals surface area contributed by atoms with Gasteiger partial charge < -0.3 is 23.8 Å². The predicted octanol–water partition coefficient (Wildman–Crippen LogP) is 6.02. The summed E-state index contributed by atoms with van der Waals surface area (Å²) >= 11 is 0. The van der Waals surface area contributed by atoms with E-state index >= 15 is 0 Å². The van der Waals surface area contributed by atoms with Gasteiger partial charge in [0.1, 0.15) is 12.4 Å². The lowest BCUT2D eigenvalue weighted by Crippen LogP contribution is -2.49. The van der Waals surface area contributed by atoms with Gasteiger partial charge in [-0.15, -0.1) is 0 Å². The number of rotatable bonds is 8. The van der Waals surface area contributed by atoms with E-state index in [0.717, 1.165) is 63.3 Å². The van der Waals surface area contributed by atoms with Crippen molar-refractivity contribution in [3.8, 4) is 23.0 Å². The summed E-state index contributed by atoms with van der Waals surface area (Å²) in [7, 11) is 4.85. The lowest BCUT2D eigenvalue weighted by atomic mass is 9.73. The van der Waals surface area contributed by atoms with Crippen molar-refractivity contribution in [2.24, 2.45) is 11.3 Å². The molecule has 2 aromatic rings. The number of methoxy groups -OCH3 is 3. The Morgan fingerprint density at radius 3 is 2.39 bits per heavy atom. The molecular formula is C34H50N2O5. The number of hydrogen-bond acceptors (Lipinski definition) is 6. The highest BCUT2D eigenvalue weighted by Crippen LogP contribution is 2.41. The van der Waals surface area contributed by atoms with E-state index in [-0.39, 0.29) is 11.3 Å². The van der Waals surface area contributed by atoms with Crippen LogP contribution in [0.4, 0.5) is 0 Å². The molecule has 0 saturated carbocycles. The number of fused-ring (bicyclic) bond motifs is 1. The third-order valence-corrected chi connectivity index (χ3v) is 8.79. The molecule has 2 aliphatic heterocycles. The van der Waals surface area contributed by atoms with Crippen molar-refractivity contribution in [3.63, 3.8) is 0 Å². The molecule has 226 valence electrons. The van der Waals surface area contributed by atoms with Crippen LogP contribution in [-0.2, 0) is 17.6 Å². The molecule has 2 aromatic carbocycles. The normalized spacial score (nSPS) is 18.1. The van der Waals surface area contributed by atoms with Gasteiger partial charge in [0.2, 0.25) is 11.7 Å². The van der Waals surface area contributed by atoms with Crippen molar-refractivity contribution in [1.29, 1.82) is 0 Å². The molecule has 1 amide bonds. The second-order valence-corrected chi connectivity index (χ2v) is 12.2. The Hall–Kier alpha value is -2.93. The fourth-order valence-electron chi connectivity index (χ4n) is 6.65. The molecule has 0 atom stereocenters. The highest BCUT2D eigenvalue weighted by Gasteiger charge is 2.37. The minimum atomic E-state index is 0.217. The summed E-state index contributed by atoms with van der Waals surface area (Å²) in [4.78, 5) is 18.1. The fraction of sp³-hybridized carbons (Fsp3) is 0.618. The van der Waals surface area contributed by atoms with Gasteiger partial charge in [0, 0.05) is 39.1 Å². The fourth-order valence-corrected chi connectivity index (χ4v) is 6.65. The summed E-state index contributed by atoms with van der Waals surface area (Å²) in [5, 5.41) is 0. The molecule has 0 bridgehead atoms. The minimum absolute atomic E-state index is 0.217. The van der Waals surface area contributed by atoms with E-state index in [0.29, 0.717) is 42.6 Å². The highest BCUT2D eigenvalue weighted by molar-refractivity contribution is 5.76. The number of ether oxygens (including phenoxy) is 4.